The van der Waals surface area contributed by atoms with Gasteiger partial charge in [-0.3, -0.25) is 4.79 Å². The van der Waals surface area contributed by atoms with Crippen LogP contribution in [0.2, 0.25) is 0 Å². The molecule has 176 valence electrons. The van der Waals surface area contributed by atoms with Crippen molar-refractivity contribution in [2.24, 2.45) is 0 Å². The van der Waals surface area contributed by atoms with Gasteiger partial charge in [0.1, 0.15) is 11.5 Å². The first-order chi connectivity index (χ1) is 15.6. The zero-order valence-electron chi connectivity index (χ0n) is 18.5. The molecule has 0 aliphatic heterocycles. The largest absolute Gasteiger partial charge is 0.494 e. The number of aliphatic carboxylic acids is 1. The Hall–Kier alpha value is -3.29. The Morgan fingerprint density at radius 2 is 1.79 bits per heavy atom. The van der Waals surface area contributed by atoms with Crippen molar-refractivity contribution in [1.82, 2.24) is 4.98 Å². The quantitative estimate of drug-likeness (QED) is 0.354. The first-order valence-electron chi connectivity index (χ1n) is 10.7. The van der Waals surface area contributed by atoms with Gasteiger partial charge in [-0.05, 0) is 80.6 Å². The van der Waals surface area contributed by atoms with Crippen molar-refractivity contribution in [2.75, 3.05) is 6.61 Å². The number of benzene rings is 2. The van der Waals surface area contributed by atoms with Crippen LogP contribution in [0.15, 0.2) is 46.9 Å². The van der Waals surface area contributed by atoms with Crippen LogP contribution in [0.1, 0.15) is 47.4 Å². The zero-order chi connectivity index (χ0) is 24.0. The second kappa shape index (κ2) is 10.6. The van der Waals surface area contributed by atoms with E-state index < -0.39 is 17.7 Å². The lowest BCUT2D eigenvalue weighted by molar-refractivity contribution is -0.138. The molecular formula is C25H26F3NO4. The molecule has 0 saturated heterocycles. The maximum atomic E-state index is 12.7. The number of carboxylic acids is 1. The molecule has 5 nitrogen and oxygen atoms in total. The molecule has 2 aromatic carbocycles. The minimum Gasteiger partial charge on any atom is -0.494 e. The van der Waals surface area contributed by atoms with E-state index in [0.29, 0.717) is 36.7 Å². The SMILES string of the molecule is Cc1cc(OCCCCc2oc(-c3ccc(C(F)(F)F)cc3)nc2C)ccc1CCC(=O)O. The fourth-order valence-electron chi connectivity index (χ4n) is 3.44. The Balaban J connectivity index is 1.47. The number of carboxylic acid groups (broad SMARTS) is 1. The topological polar surface area (TPSA) is 72.6 Å². The fraction of sp³-hybridized carbons (Fsp3) is 0.360. The molecule has 0 saturated carbocycles. The van der Waals surface area contributed by atoms with Crippen LogP contribution < -0.4 is 4.74 Å². The van der Waals surface area contributed by atoms with Crippen LogP contribution in [-0.4, -0.2) is 22.7 Å². The molecule has 0 atom stereocenters. The molecule has 0 radical (unpaired) electrons. The normalized spacial score (nSPS) is 11.5. The molecule has 33 heavy (non-hydrogen) atoms. The molecule has 1 N–H and O–H groups in total. The van der Waals surface area contributed by atoms with E-state index in [-0.39, 0.29) is 6.42 Å². The molecule has 0 aliphatic carbocycles. The molecule has 0 fully saturated rings. The number of carbonyl (C=O) groups is 1. The summed E-state index contributed by atoms with van der Waals surface area (Å²) in [7, 11) is 0. The van der Waals surface area contributed by atoms with Gasteiger partial charge in [-0.25, -0.2) is 4.98 Å². The van der Waals surface area contributed by atoms with Crippen LogP contribution >= 0.6 is 0 Å². The van der Waals surface area contributed by atoms with Crippen LogP contribution in [0.25, 0.3) is 11.5 Å². The number of oxazole rings is 1. The highest BCUT2D eigenvalue weighted by atomic mass is 19.4. The third kappa shape index (κ3) is 6.84. The number of aryl methyl sites for hydroxylation is 4. The summed E-state index contributed by atoms with van der Waals surface area (Å²) in [5.41, 5.74) is 2.51. The minimum atomic E-state index is -4.38. The van der Waals surface area contributed by atoms with E-state index in [4.69, 9.17) is 14.3 Å². The Bertz CT molecular complexity index is 1090. The maximum absolute atomic E-state index is 12.7. The van der Waals surface area contributed by atoms with Gasteiger partial charge in [-0.15, -0.1) is 0 Å². The summed E-state index contributed by atoms with van der Waals surface area (Å²) in [4.78, 5) is 15.1. The Labute approximate surface area is 190 Å². The van der Waals surface area contributed by atoms with Gasteiger partial charge in [0, 0.05) is 18.4 Å². The molecule has 1 heterocycles. The maximum Gasteiger partial charge on any atom is 0.416 e. The summed E-state index contributed by atoms with van der Waals surface area (Å²) >= 11 is 0. The second-order valence-corrected chi connectivity index (χ2v) is 7.89. The highest BCUT2D eigenvalue weighted by molar-refractivity contribution is 5.67. The summed E-state index contributed by atoms with van der Waals surface area (Å²) in [6.07, 6.45) is -1.54. The third-order valence-electron chi connectivity index (χ3n) is 5.34. The summed E-state index contributed by atoms with van der Waals surface area (Å²) in [6.45, 7) is 4.27. The second-order valence-electron chi connectivity index (χ2n) is 7.89. The Kier molecular flexibility index (Phi) is 7.79. The minimum absolute atomic E-state index is 0.0999. The average molecular weight is 461 g/mol. The summed E-state index contributed by atoms with van der Waals surface area (Å²) in [5.74, 6) is 0.949. The predicted octanol–water partition coefficient (Wildman–Crippen LogP) is 6.40. The summed E-state index contributed by atoms with van der Waals surface area (Å²) < 4.78 is 49.8. The number of alkyl halides is 3. The van der Waals surface area contributed by atoms with E-state index in [0.717, 1.165) is 47.5 Å². The molecule has 1 aromatic heterocycles. The molecule has 8 heteroatoms. The van der Waals surface area contributed by atoms with Crippen molar-refractivity contribution in [2.45, 2.75) is 52.1 Å². The molecule has 0 aliphatic rings. The lowest BCUT2D eigenvalue weighted by Crippen LogP contribution is -2.03. The van der Waals surface area contributed by atoms with Crippen LogP contribution in [0.5, 0.6) is 5.75 Å². The number of rotatable bonds is 10. The number of nitrogens with zero attached hydrogens (tertiary/aromatic N) is 1. The standard InChI is InChI=1S/C25H26F3NO4/c1-16-15-21(12-8-18(16)9-13-23(30)31)32-14-4-3-5-22-17(2)29-24(33-22)19-6-10-20(11-7-19)25(26,27)28/h6-8,10-12,15H,3-5,9,13-14H2,1-2H3,(H,30,31). The van der Waals surface area contributed by atoms with Crippen LogP contribution in [0.3, 0.4) is 0 Å². The van der Waals surface area contributed by atoms with Crippen LogP contribution in [0.4, 0.5) is 13.2 Å². The lowest BCUT2D eigenvalue weighted by atomic mass is 10.0. The van der Waals surface area contributed by atoms with Gasteiger partial charge in [0.15, 0.2) is 0 Å². The van der Waals surface area contributed by atoms with Crippen molar-refractivity contribution in [3.8, 4) is 17.2 Å². The molecule has 3 rings (SSSR count). The molecule has 0 unspecified atom stereocenters. The molecule has 0 bridgehead atoms. The Morgan fingerprint density at radius 1 is 1.06 bits per heavy atom. The van der Waals surface area contributed by atoms with E-state index in [1.165, 1.54) is 12.1 Å². The smallest absolute Gasteiger partial charge is 0.416 e. The number of hydrogen-bond donors (Lipinski definition) is 1. The summed E-state index contributed by atoms with van der Waals surface area (Å²) in [6, 6.07) is 10.4. The van der Waals surface area contributed by atoms with Gasteiger partial charge < -0.3 is 14.3 Å². The van der Waals surface area contributed by atoms with E-state index in [9.17, 15) is 18.0 Å². The van der Waals surface area contributed by atoms with E-state index in [2.05, 4.69) is 4.98 Å². The lowest BCUT2D eigenvalue weighted by Gasteiger charge is -2.09. The van der Waals surface area contributed by atoms with Crippen molar-refractivity contribution in [1.29, 1.82) is 0 Å². The van der Waals surface area contributed by atoms with Gasteiger partial charge >= 0.3 is 12.1 Å². The van der Waals surface area contributed by atoms with Gasteiger partial charge in [0.25, 0.3) is 0 Å². The molecular weight excluding hydrogens is 435 g/mol. The van der Waals surface area contributed by atoms with Gasteiger partial charge in [0.05, 0.1) is 17.9 Å². The van der Waals surface area contributed by atoms with Gasteiger partial charge in [0.2, 0.25) is 5.89 Å². The first kappa shape index (κ1) is 24.4. The van der Waals surface area contributed by atoms with Crippen molar-refractivity contribution >= 4 is 5.97 Å². The predicted molar refractivity (Wildman–Crippen MR) is 117 cm³/mol. The summed E-state index contributed by atoms with van der Waals surface area (Å²) in [5, 5.41) is 8.81. The number of hydrogen-bond acceptors (Lipinski definition) is 4. The van der Waals surface area contributed by atoms with Crippen molar-refractivity contribution < 1.29 is 32.2 Å². The first-order valence-corrected chi connectivity index (χ1v) is 10.7. The van der Waals surface area contributed by atoms with Gasteiger partial charge in [-0.2, -0.15) is 13.2 Å². The zero-order valence-corrected chi connectivity index (χ0v) is 18.5. The number of aromatic nitrogens is 1. The third-order valence-corrected chi connectivity index (χ3v) is 5.34. The highest BCUT2D eigenvalue weighted by Gasteiger charge is 2.30. The fourth-order valence-corrected chi connectivity index (χ4v) is 3.44. The van der Waals surface area contributed by atoms with Crippen molar-refractivity contribution in [3.63, 3.8) is 0 Å². The van der Waals surface area contributed by atoms with Crippen LogP contribution in [-0.2, 0) is 23.8 Å². The number of halogens is 3. The monoisotopic (exact) mass is 461 g/mol. The molecule has 3 aromatic rings. The number of ether oxygens (including phenoxy) is 1. The van der Waals surface area contributed by atoms with Crippen molar-refractivity contribution in [3.05, 3.63) is 70.6 Å². The Morgan fingerprint density at radius 3 is 2.42 bits per heavy atom. The molecule has 0 amide bonds. The van der Waals surface area contributed by atoms with E-state index in [1.54, 1.807) is 0 Å². The van der Waals surface area contributed by atoms with E-state index in [1.807, 2.05) is 32.0 Å². The van der Waals surface area contributed by atoms with E-state index >= 15 is 0 Å². The van der Waals surface area contributed by atoms with Crippen LogP contribution in [0, 0.1) is 13.8 Å². The van der Waals surface area contributed by atoms with Gasteiger partial charge in [-0.1, -0.05) is 6.07 Å². The molecule has 0 spiro atoms. The highest BCUT2D eigenvalue weighted by Crippen LogP contribution is 2.31. The number of unbranched alkanes of at least 4 members (excludes halogenated alkanes) is 1. The average Bonchev–Trinajstić information content (AvgIpc) is 3.13.